The van der Waals surface area contributed by atoms with E-state index >= 15 is 0 Å². The molecule has 0 aliphatic carbocycles. The molecule has 0 aromatic heterocycles. The van der Waals surface area contributed by atoms with Crippen molar-refractivity contribution in [1.29, 1.82) is 0 Å². The molecule has 0 unspecified atom stereocenters. The minimum atomic E-state index is -0.549. The van der Waals surface area contributed by atoms with Crippen LogP contribution in [0.25, 0.3) is 6.08 Å². The Bertz CT molecular complexity index is 1160. The molecule has 3 amide bonds. The zero-order valence-electron chi connectivity index (χ0n) is 16.3. The fourth-order valence-corrected chi connectivity index (χ4v) is 3.12. The fraction of sp³-hybridized carbons (Fsp3) is 0.0833. The number of carbonyl (C=O) groups is 2. The van der Waals surface area contributed by atoms with Crippen molar-refractivity contribution in [2.75, 3.05) is 0 Å². The van der Waals surface area contributed by atoms with Crippen LogP contribution in [0.4, 0.5) is 13.6 Å². The molecule has 0 atom stereocenters. The number of hydrogen-bond acceptors (Lipinski definition) is 3. The lowest BCUT2D eigenvalue weighted by molar-refractivity contribution is -0.123. The van der Waals surface area contributed by atoms with Crippen molar-refractivity contribution in [3.8, 4) is 5.75 Å². The Hall–Kier alpha value is -4.00. The van der Waals surface area contributed by atoms with Crippen molar-refractivity contribution in [3.05, 3.63) is 107 Å². The van der Waals surface area contributed by atoms with Crippen LogP contribution in [0.15, 0.2) is 78.5 Å². The van der Waals surface area contributed by atoms with Crippen LogP contribution < -0.4 is 10.1 Å². The van der Waals surface area contributed by atoms with Gasteiger partial charge < -0.3 is 10.1 Å². The van der Waals surface area contributed by atoms with E-state index in [1.54, 1.807) is 48.5 Å². The molecule has 7 heteroatoms. The summed E-state index contributed by atoms with van der Waals surface area (Å²) in [5.41, 5.74) is 1.83. The molecule has 3 aromatic rings. The second-order valence-electron chi connectivity index (χ2n) is 6.96. The number of urea groups is 1. The quantitative estimate of drug-likeness (QED) is 0.467. The van der Waals surface area contributed by atoms with Crippen LogP contribution in [0.5, 0.6) is 5.75 Å². The first-order valence-corrected chi connectivity index (χ1v) is 9.55. The van der Waals surface area contributed by atoms with E-state index in [4.69, 9.17) is 4.74 Å². The summed E-state index contributed by atoms with van der Waals surface area (Å²) in [5, 5.41) is 2.55. The van der Waals surface area contributed by atoms with E-state index in [2.05, 4.69) is 5.32 Å². The number of amides is 3. The summed E-state index contributed by atoms with van der Waals surface area (Å²) in [6, 6.07) is 18.3. The summed E-state index contributed by atoms with van der Waals surface area (Å²) in [6.45, 7) is 0.0991. The molecule has 0 radical (unpaired) electrons. The van der Waals surface area contributed by atoms with Gasteiger partial charge >= 0.3 is 6.03 Å². The van der Waals surface area contributed by atoms with Crippen molar-refractivity contribution in [3.63, 3.8) is 0 Å². The number of hydrogen-bond donors (Lipinski definition) is 1. The normalized spacial score (nSPS) is 14.8. The highest BCUT2D eigenvalue weighted by Gasteiger charge is 2.33. The topological polar surface area (TPSA) is 58.6 Å². The molecule has 0 bridgehead atoms. The first kappa shape index (κ1) is 20.3. The Morgan fingerprint density at radius 1 is 0.935 bits per heavy atom. The largest absolute Gasteiger partial charge is 0.489 e. The first-order chi connectivity index (χ1) is 15.0. The van der Waals surface area contributed by atoms with Crippen molar-refractivity contribution in [1.82, 2.24) is 10.2 Å². The Kier molecular flexibility index (Phi) is 5.75. The van der Waals surface area contributed by atoms with Gasteiger partial charge in [0.15, 0.2) is 0 Å². The third-order valence-corrected chi connectivity index (χ3v) is 4.74. The molecule has 1 saturated heterocycles. The lowest BCUT2D eigenvalue weighted by Crippen LogP contribution is -2.30. The molecule has 5 nitrogen and oxygen atoms in total. The predicted molar refractivity (Wildman–Crippen MR) is 111 cm³/mol. The van der Waals surface area contributed by atoms with Gasteiger partial charge in [-0.25, -0.2) is 13.6 Å². The van der Waals surface area contributed by atoms with E-state index in [9.17, 15) is 18.4 Å². The number of carbonyl (C=O) groups excluding carboxylic acids is 2. The molecule has 31 heavy (non-hydrogen) atoms. The van der Waals surface area contributed by atoms with Gasteiger partial charge in [-0.1, -0.05) is 42.5 Å². The zero-order chi connectivity index (χ0) is 21.8. The molecule has 0 saturated carbocycles. The molecule has 0 spiro atoms. The number of imide groups is 1. The second-order valence-corrected chi connectivity index (χ2v) is 6.96. The predicted octanol–water partition coefficient (Wildman–Crippen LogP) is 4.64. The maximum absolute atomic E-state index is 13.7. The van der Waals surface area contributed by atoms with Gasteiger partial charge in [-0.05, 0) is 47.5 Å². The SMILES string of the molecule is O=C1N/C(=C/c2cccc(OCc3ccccc3F)c2)C(=O)N1Cc1ccc(F)cc1. The average molecular weight is 420 g/mol. The Morgan fingerprint density at radius 3 is 2.48 bits per heavy atom. The summed E-state index contributed by atoms with van der Waals surface area (Å²) >= 11 is 0. The molecule has 3 aromatic carbocycles. The maximum atomic E-state index is 13.7. The number of halogens is 2. The Morgan fingerprint density at radius 2 is 1.71 bits per heavy atom. The molecule has 4 rings (SSSR count). The van der Waals surface area contributed by atoms with Gasteiger partial charge in [0, 0.05) is 5.56 Å². The standard InChI is InChI=1S/C24H18F2N2O3/c25-19-10-8-16(9-11-19)14-28-23(29)22(27-24(28)30)13-17-4-3-6-20(12-17)31-15-18-5-1-2-7-21(18)26/h1-13H,14-15H2,(H,27,30)/b22-13+. The lowest BCUT2D eigenvalue weighted by Gasteiger charge is -2.11. The Labute approximate surface area is 177 Å². The molecule has 156 valence electrons. The van der Waals surface area contributed by atoms with E-state index < -0.39 is 17.8 Å². The zero-order valence-corrected chi connectivity index (χ0v) is 16.3. The van der Waals surface area contributed by atoms with Crippen LogP contribution in [-0.4, -0.2) is 16.8 Å². The second kappa shape index (κ2) is 8.79. The third kappa shape index (κ3) is 4.78. The van der Waals surface area contributed by atoms with E-state index in [-0.39, 0.29) is 24.7 Å². The van der Waals surface area contributed by atoms with E-state index in [1.807, 2.05) is 0 Å². The average Bonchev–Trinajstić information content (AvgIpc) is 3.02. The molecule has 1 fully saturated rings. The van der Waals surface area contributed by atoms with Gasteiger partial charge in [-0.15, -0.1) is 0 Å². The van der Waals surface area contributed by atoms with Gasteiger partial charge in [-0.2, -0.15) is 0 Å². The summed E-state index contributed by atoms with van der Waals surface area (Å²) < 4.78 is 32.5. The van der Waals surface area contributed by atoms with Gasteiger partial charge in [0.05, 0.1) is 6.54 Å². The van der Waals surface area contributed by atoms with Gasteiger partial charge in [0.1, 0.15) is 29.7 Å². The number of nitrogens with zero attached hydrogens (tertiary/aromatic N) is 1. The summed E-state index contributed by atoms with van der Waals surface area (Å²) in [5.74, 6) is -0.718. The smallest absolute Gasteiger partial charge is 0.329 e. The van der Waals surface area contributed by atoms with E-state index in [0.717, 1.165) is 4.90 Å². The highest BCUT2D eigenvalue weighted by atomic mass is 19.1. The number of benzene rings is 3. The molecular weight excluding hydrogens is 402 g/mol. The van der Waals surface area contributed by atoms with Gasteiger partial charge in [-0.3, -0.25) is 9.69 Å². The third-order valence-electron chi connectivity index (χ3n) is 4.74. The van der Waals surface area contributed by atoms with Crippen molar-refractivity contribution in [2.24, 2.45) is 0 Å². The maximum Gasteiger partial charge on any atom is 0.329 e. The lowest BCUT2D eigenvalue weighted by atomic mass is 10.1. The van der Waals surface area contributed by atoms with Gasteiger partial charge in [0.2, 0.25) is 0 Å². The summed E-state index contributed by atoms with van der Waals surface area (Å²) in [7, 11) is 0. The van der Waals surface area contributed by atoms with Crippen molar-refractivity contribution in [2.45, 2.75) is 13.2 Å². The highest BCUT2D eigenvalue weighted by molar-refractivity contribution is 6.13. The molecule has 1 heterocycles. The van der Waals surface area contributed by atoms with Crippen LogP contribution >= 0.6 is 0 Å². The van der Waals surface area contributed by atoms with Crippen LogP contribution in [-0.2, 0) is 17.9 Å². The minimum Gasteiger partial charge on any atom is -0.489 e. The van der Waals surface area contributed by atoms with E-state index in [0.29, 0.717) is 22.4 Å². The molecule has 1 aliphatic rings. The molecule has 1 aliphatic heterocycles. The number of ether oxygens (including phenoxy) is 1. The van der Waals surface area contributed by atoms with Crippen molar-refractivity contribution < 1.29 is 23.1 Å². The Balaban J connectivity index is 1.46. The van der Waals surface area contributed by atoms with Crippen LogP contribution in [0.2, 0.25) is 0 Å². The molecule has 1 N–H and O–H groups in total. The van der Waals surface area contributed by atoms with Crippen molar-refractivity contribution >= 4 is 18.0 Å². The highest BCUT2D eigenvalue weighted by Crippen LogP contribution is 2.21. The summed E-state index contributed by atoms with van der Waals surface area (Å²) in [4.78, 5) is 25.9. The van der Waals surface area contributed by atoms with Crippen LogP contribution in [0.1, 0.15) is 16.7 Å². The van der Waals surface area contributed by atoms with Gasteiger partial charge in [0.25, 0.3) is 5.91 Å². The number of rotatable bonds is 6. The molecular formula is C24H18F2N2O3. The minimum absolute atomic E-state index is 0.0358. The number of nitrogens with one attached hydrogen (secondary N) is 1. The first-order valence-electron chi connectivity index (χ1n) is 9.55. The van der Waals surface area contributed by atoms with Crippen LogP contribution in [0.3, 0.4) is 0 Å². The fourth-order valence-electron chi connectivity index (χ4n) is 3.12. The van der Waals surface area contributed by atoms with Crippen LogP contribution in [0, 0.1) is 11.6 Å². The summed E-state index contributed by atoms with van der Waals surface area (Å²) in [6.07, 6.45) is 1.54. The van der Waals surface area contributed by atoms with E-state index in [1.165, 1.54) is 30.3 Å². The monoisotopic (exact) mass is 420 g/mol.